The third-order valence-electron chi connectivity index (χ3n) is 6.61. The molecule has 0 bridgehead atoms. The number of hydrogen-bond donors (Lipinski definition) is 6. The van der Waals surface area contributed by atoms with Crippen LogP contribution < -0.4 is 20.1 Å². The van der Waals surface area contributed by atoms with Crippen molar-refractivity contribution in [3.63, 3.8) is 0 Å². The van der Waals surface area contributed by atoms with Crippen molar-refractivity contribution in [2.75, 3.05) is 23.6 Å². The number of hydrogen-bond acceptors (Lipinski definition) is 11. The van der Waals surface area contributed by atoms with Crippen LogP contribution >= 0.6 is 7.82 Å². The van der Waals surface area contributed by atoms with Crippen molar-refractivity contribution in [2.24, 2.45) is 4.99 Å². The Morgan fingerprint density at radius 2 is 1.78 bits per heavy atom. The summed E-state index contributed by atoms with van der Waals surface area (Å²) in [4.78, 5) is 78.0. The molecule has 0 fully saturated rings. The van der Waals surface area contributed by atoms with Gasteiger partial charge in [-0.3, -0.25) is 24.8 Å². The number of aryl methyl sites for hydroxylation is 1. The summed E-state index contributed by atoms with van der Waals surface area (Å²) >= 11 is 0. The zero-order valence-corrected chi connectivity index (χ0v) is 27.0. The molecule has 0 aliphatic heterocycles. The van der Waals surface area contributed by atoms with Crippen LogP contribution in [0.2, 0.25) is 0 Å². The van der Waals surface area contributed by atoms with Crippen LogP contribution in [0.3, 0.4) is 0 Å². The minimum Gasteiger partial charge on any atom is -0.424 e. The first-order valence-electron chi connectivity index (χ1n) is 14.2. The van der Waals surface area contributed by atoms with Crippen molar-refractivity contribution in [1.82, 2.24) is 15.5 Å². The maximum Gasteiger partial charge on any atom is 0.524 e. The van der Waals surface area contributed by atoms with Gasteiger partial charge in [0.1, 0.15) is 18.4 Å². The van der Waals surface area contributed by atoms with Crippen molar-refractivity contribution in [3.05, 3.63) is 94.5 Å². The van der Waals surface area contributed by atoms with E-state index in [2.05, 4.69) is 30.3 Å². The van der Waals surface area contributed by atoms with E-state index in [1.54, 1.807) is 26.8 Å². The number of nitrogens with one attached hydrogen (secondary N) is 4. The number of aromatic amines is 1. The van der Waals surface area contributed by atoms with Gasteiger partial charge in [-0.2, -0.15) is 0 Å². The molecular formula is C30H30N7O11P. The summed E-state index contributed by atoms with van der Waals surface area (Å²) in [7, 11) is -4.81. The Morgan fingerprint density at radius 3 is 2.41 bits per heavy atom. The van der Waals surface area contributed by atoms with Gasteiger partial charge in [0.2, 0.25) is 6.79 Å². The molecule has 0 saturated carbocycles. The minimum atomic E-state index is -4.81. The molecule has 0 unspecified atom stereocenters. The Hall–Kier alpha value is -6.10. The highest BCUT2D eigenvalue weighted by atomic mass is 31.2. The minimum absolute atomic E-state index is 0.0569. The average molecular weight is 696 g/mol. The number of H-pyrrole nitrogens is 1. The number of esters is 1. The molecule has 2 heterocycles. The van der Waals surface area contributed by atoms with E-state index in [1.165, 1.54) is 42.8 Å². The number of nitrogens with zero attached hydrogens (tertiary/aromatic N) is 3. The van der Waals surface area contributed by atoms with E-state index in [0.717, 1.165) is 17.0 Å². The molecule has 49 heavy (non-hydrogen) atoms. The average Bonchev–Trinajstić information content (AvgIpc) is 3.70. The summed E-state index contributed by atoms with van der Waals surface area (Å²) in [5.41, 5.74) is 1.34. The first kappa shape index (κ1) is 35.7. The number of amidine groups is 1. The quantitative estimate of drug-likeness (QED) is 0.0405. The molecule has 3 amide bonds. The number of aliphatic imine (C=N–C) groups is 1. The molecule has 4 rings (SSSR count). The maximum atomic E-state index is 13.8. The van der Waals surface area contributed by atoms with E-state index in [-0.39, 0.29) is 45.5 Å². The maximum absolute atomic E-state index is 13.8. The van der Waals surface area contributed by atoms with Crippen LogP contribution in [0.25, 0.3) is 0 Å². The molecule has 0 radical (unpaired) electrons. The van der Waals surface area contributed by atoms with Crippen molar-refractivity contribution in [1.29, 1.82) is 5.41 Å². The van der Waals surface area contributed by atoms with Crippen molar-refractivity contribution < 1.29 is 52.1 Å². The third-order valence-corrected chi connectivity index (χ3v) is 7.05. The summed E-state index contributed by atoms with van der Waals surface area (Å²) < 4.78 is 30.6. The first-order valence-corrected chi connectivity index (χ1v) is 15.7. The smallest absolute Gasteiger partial charge is 0.424 e. The van der Waals surface area contributed by atoms with Crippen LogP contribution in [0.4, 0.5) is 16.3 Å². The van der Waals surface area contributed by atoms with Gasteiger partial charge in [-0.05, 0) is 68.3 Å². The molecule has 6 N–H and O–H groups in total. The predicted octanol–water partition coefficient (Wildman–Crippen LogP) is 3.90. The standard InChI is InChI=1S/C30H30N7O11P/c1-4-32-28(39)22-14-33-25(18(22)3)26(34-15-31)37(23-13-20(6-5-17(23)2)27(38)35-24-11-12-47-36-24)30(41)46-16-45-29(40)19-7-9-21(10-8-19)48-49(42,43)44/h5-15,31,33H,4,16H2,1-3H3,(H,32,39)(H,35,36,38)(H2,42,43,44). The number of rotatable bonds is 12. The van der Waals surface area contributed by atoms with Crippen molar-refractivity contribution >= 4 is 55.4 Å². The van der Waals surface area contributed by atoms with Crippen LogP contribution in [0.15, 0.2) is 70.5 Å². The Balaban J connectivity index is 1.66. The summed E-state index contributed by atoms with van der Waals surface area (Å²) in [6.07, 6.45) is 2.19. The lowest BCUT2D eigenvalue weighted by Gasteiger charge is -2.25. The number of anilines is 2. The number of aromatic nitrogens is 2. The number of ether oxygens (including phenoxy) is 2. The highest BCUT2D eigenvalue weighted by molar-refractivity contribution is 7.46. The SMILES string of the molecule is CCNC(=O)c1c[nH]c(C(=NC=N)N(C(=O)OCOC(=O)c2ccc(OP(=O)(O)O)cc2)c2cc(C(=O)Nc3ccon3)ccc2C)c1C. The molecule has 0 aliphatic carbocycles. The highest BCUT2D eigenvalue weighted by Crippen LogP contribution is 2.37. The number of phosphoric acid groups is 1. The normalized spacial score (nSPS) is 11.3. The van der Waals surface area contributed by atoms with E-state index >= 15 is 0 Å². The van der Waals surface area contributed by atoms with Crippen LogP contribution in [0, 0.1) is 19.3 Å². The van der Waals surface area contributed by atoms with Gasteiger partial charge in [0.05, 0.1) is 22.5 Å². The molecule has 19 heteroatoms. The Labute approximate surface area is 277 Å². The van der Waals surface area contributed by atoms with Gasteiger partial charge in [0.15, 0.2) is 11.7 Å². The van der Waals surface area contributed by atoms with Crippen molar-refractivity contribution in [2.45, 2.75) is 20.8 Å². The van der Waals surface area contributed by atoms with Gasteiger partial charge in [0.25, 0.3) is 11.8 Å². The third kappa shape index (κ3) is 9.04. The van der Waals surface area contributed by atoms with E-state index in [0.29, 0.717) is 24.0 Å². The summed E-state index contributed by atoms with van der Waals surface area (Å²) in [6, 6.07) is 10.5. The summed E-state index contributed by atoms with van der Waals surface area (Å²) in [5.74, 6) is -2.22. The van der Waals surface area contributed by atoms with E-state index < -0.39 is 38.5 Å². The van der Waals surface area contributed by atoms with E-state index in [1.807, 2.05) is 0 Å². The van der Waals surface area contributed by atoms with Gasteiger partial charge in [0, 0.05) is 24.4 Å². The Morgan fingerprint density at radius 1 is 1.06 bits per heavy atom. The molecule has 18 nitrogen and oxygen atoms in total. The first-order chi connectivity index (χ1) is 23.3. The zero-order chi connectivity index (χ0) is 35.7. The fraction of sp³-hybridized carbons (Fsp3) is 0.167. The summed E-state index contributed by atoms with van der Waals surface area (Å²) in [6.45, 7) is 4.43. The van der Waals surface area contributed by atoms with Gasteiger partial charge in [-0.25, -0.2) is 24.0 Å². The molecule has 256 valence electrons. The molecular weight excluding hydrogens is 665 g/mol. The second-order valence-corrected chi connectivity index (χ2v) is 11.0. The fourth-order valence-electron chi connectivity index (χ4n) is 4.34. The lowest BCUT2D eigenvalue weighted by Crippen LogP contribution is -2.40. The number of phosphoric ester groups is 1. The zero-order valence-electron chi connectivity index (χ0n) is 26.1. The second kappa shape index (κ2) is 15.7. The number of amides is 3. The van der Waals surface area contributed by atoms with Crippen LogP contribution in [0.5, 0.6) is 5.75 Å². The van der Waals surface area contributed by atoms with Crippen LogP contribution in [-0.2, 0) is 14.0 Å². The summed E-state index contributed by atoms with van der Waals surface area (Å²) in [5, 5.41) is 16.6. The Bertz CT molecular complexity index is 1930. The van der Waals surface area contributed by atoms with Gasteiger partial charge in [-0.15, -0.1) is 0 Å². The van der Waals surface area contributed by atoms with Crippen LogP contribution in [0.1, 0.15) is 54.8 Å². The van der Waals surface area contributed by atoms with E-state index in [4.69, 9.17) is 29.2 Å². The number of carbonyl (C=O) groups excluding carboxylic acids is 4. The topological polar surface area (TPSA) is 259 Å². The molecule has 2 aromatic carbocycles. The lowest BCUT2D eigenvalue weighted by molar-refractivity contribution is 0.0000922. The lowest BCUT2D eigenvalue weighted by atomic mass is 10.1. The second-order valence-electron chi connectivity index (χ2n) is 9.89. The van der Waals surface area contributed by atoms with Gasteiger partial charge in [-0.1, -0.05) is 11.2 Å². The molecule has 0 saturated heterocycles. The molecule has 2 aromatic heterocycles. The Kier molecular flexibility index (Phi) is 11.4. The van der Waals surface area contributed by atoms with Crippen LogP contribution in [-0.4, -0.2) is 69.3 Å². The van der Waals surface area contributed by atoms with Gasteiger partial charge >= 0.3 is 19.9 Å². The molecule has 0 spiro atoms. The predicted molar refractivity (Wildman–Crippen MR) is 173 cm³/mol. The van der Waals surface area contributed by atoms with E-state index in [9.17, 15) is 23.7 Å². The molecule has 0 atom stereocenters. The fourth-order valence-corrected chi connectivity index (χ4v) is 4.74. The molecule has 0 aliphatic rings. The molecule has 4 aromatic rings. The number of benzene rings is 2. The monoisotopic (exact) mass is 695 g/mol. The van der Waals surface area contributed by atoms with Gasteiger partial charge < -0.3 is 34.1 Å². The highest BCUT2D eigenvalue weighted by Gasteiger charge is 2.30. The van der Waals surface area contributed by atoms with Crippen molar-refractivity contribution in [3.8, 4) is 5.75 Å². The largest absolute Gasteiger partial charge is 0.524 e. The number of carbonyl (C=O) groups is 4.